The van der Waals surface area contributed by atoms with E-state index in [1.807, 2.05) is 36.4 Å². The van der Waals surface area contributed by atoms with Gasteiger partial charge in [0.05, 0.1) is 24.7 Å². The van der Waals surface area contributed by atoms with E-state index in [-0.39, 0.29) is 30.7 Å². The molecule has 0 fully saturated rings. The van der Waals surface area contributed by atoms with Crippen LogP contribution in [0.1, 0.15) is 24.9 Å². The average molecular weight is 381 g/mol. The molecule has 146 valence electrons. The van der Waals surface area contributed by atoms with Gasteiger partial charge in [0.2, 0.25) is 11.8 Å². The maximum absolute atomic E-state index is 13.2. The average Bonchev–Trinajstić information content (AvgIpc) is 2.72. The van der Waals surface area contributed by atoms with Crippen LogP contribution in [-0.2, 0) is 14.4 Å². The molecule has 2 atom stereocenters. The van der Waals surface area contributed by atoms with Crippen LogP contribution in [-0.4, -0.2) is 37.4 Å². The SMILES string of the molecule is CNC(=O)[C@@H]1CN(C(=O)C[C@H](NC(C)=O)c2ccccc2)c2ccccc2O1. The maximum atomic E-state index is 13.2. The van der Waals surface area contributed by atoms with Crippen molar-refractivity contribution in [2.75, 3.05) is 18.5 Å². The Morgan fingerprint density at radius 1 is 1.11 bits per heavy atom. The molecule has 3 amide bonds. The molecule has 0 aromatic heterocycles. The van der Waals surface area contributed by atoms with Gasteiger partial charge in [0.15, 0.2) is 6.10 Å². The monoisotopic (exact) mass is 381 g/mol. The lowest BCUT2D eigenvalue weighted by molar-refractivity contribution is -0.128. The fourth-order valence-corrected chi connectivity index (χ4v) is 3.24. The van der Waals surface area contributed by atoms with E-state index in [9.17, 15) is 14.4 Å². The second-order valence-corrected chi connectivity index (χ2v) is 6.56. The van der Waals surface area contributed by atoms with Crippen LogP contribution in [0, 0.1) is 0 Å². The number of para-hydroxylation sites is 2. The van der Waals surface area contributed by atoms with Crippen LogP contribution in [0.2, 0.25) is 0 Å². The summed E-state index contributed by atoms with van der Waals surface area (Å²) in [5.41, 5.74) is 1.46. The highest BCUT2D eigenvalue weighted by molar-refractivity contribution is 5.97. The van der Waals surface area contributed by atoms with Gasteiger partial charge >= 0.3 is 0 Å². The molecule has 2 N–H and O–H groups in total. The summed E-state index contributed by atoms with van der Waals surface area (Å²) in [5.74, 6) is -0.236. The van der Waals surface area contributed by atoms with E-state index in [2.05, 4.69) is 10.6 Å². The number of rotatable bonds is 5. The van der Waals surface area contributed by atoms with Crippen molar-refractivity contribution >= 4 is 23.4 Å². The molecule has 3 rings (SSSR count). The van der Waals surface area contributed by atoms with Crippen LogP contribution in [0.25, 0.3) is 0 Å². The van der Waals surface area contributed by atoms with Gasteiger partial charge in [-0.2, -0.15) is 0 Å². The van der Waals surface area contributed by atoms with Gasteiger partial charge in [-0.15, -0.1) is 0 Å². The summed E-state index contributed by atoms with van der Waals surface area (Å²) in [6, 6.07) is 16.0. The van der Waals surface area contributed by atoms with E-state index in [4.69, 9.17) is 4.74 Å². The van der Waals surface area contributed by atoms with E-state index in [1.165, 1.54) is 14.0 Å². The second-order valence-electron chi connectivity index (χ2n) is 6.56. The number of nitrogens with zero attached hydrogens (tertiary/aromatic N) is 1. The molecular formula is C21H23N3O4. The van der Waals surface area contributed by atoms with Crippen LogP contribution in [0.3, 0.4) is 0 Å². The second kappa shape index (κ2) is 8.56. The van der Waals surface area contributed by atoms with Crippen molar-refractivity contribution < 1.29 is 19.1 Å². The quantitative estimate of drug-likeness (QED) is 0.827. The van der Waals surface area contributed by atoms with Crippen molar-refractivity contribution in [1.29, 1.82) is 0 Å². The maximum Gasteiger partial charge on any atom is 0.262 e. The zero-order valence-electron chi connectivity index (χ0n) is 15.8. The first-order valence-corrected chi connectivity index (χ1v) is 9.09. The van der Waals surface area contributed by atoms with Gasteiger partial charge in [0.25, 0.3) is 5.91 Å². The van der Waals surface area contributed by atoms with Crippen molar-refractivity contribution in [3.05, 3.63) is 60.2 Å². The molecule has 0 saturated carbocycles. The highest BCUT2D eigenvalue weighted by Crippen LogP contribution is 2.34. The number of likely N-dealkylation sites (N-methyl/N-ethyl adjacent to an activating group) is 1. The van der Waals surface area contributed by atoms with E-state index in [0.717, 1.165) is 5.56 Å². The van der Waals surface area contributed by atoms with Crippen LogP contribution in [0.4, 0.5) is 5.69 Å². The molecule has 1 aliphatic heterocycles. The summed E-state index contributed by atoms with van der Waals surface area (Å²) in [4.78, 5) is 38.5. The molecule has 1 aliphatic rings. The van der Waals surface area contributed by atoms with E-state index < -0.39 is 12.1 Å². The first kappa shape index (κ1) is 19.4. The number of benzene rings is 2. The van der Waals surface area contributed by atoms with Crippen LogP contribution >= 0.6 is 0 Å². The summed E-state index contributed by atoms with van der Waals surface area (Å²) in [6.07, 6.45) is -0.724. The summed E-state index contributed by atoms with van der Waals surface area (Å²) in [7, 11) is 1.53. The third kappa shape index (κ3) is 4.31. The summed E-state index contributed by atoms with van der Waals surface area (Å²) < 4.78 is 5.74. The van der Waals surface area contributed by atoms with Crippen molar-refractivity contribution in [2.24, 2.45) is 0 Å². The Labute approximate surface area is 163 Å². The first-order chi connectivity index (χ1) is 13.5. The number of anilines is 1. The summed E-state index contributed by atoms with van der Waals surface area (Å²) in [6.45, 7) is 1.53. The third-order valence-electron chi connectivity index (χ3n) is 4.57. The minimum atomic E-state index is -0.792. The minimum Gasteiger partial charge on any atom is -0.477 e. The number of ether oxygens (including phenoxy) is 1. The molecule has 0 spiro atoms. The fourth-order valence-electron chi connectivity index (χ4n) is 3.24. The Hall–Kier alpha value is -3.35. The number of carbonyl (C=O) groups excluding carboxylic acids is 3. The molecule has 7 heteroatoms. The molecule has 28 heavy (non-hydrogen) atoms. The molecule has 0 unspecified atom stereocenters. The smallest absolute Gasteiger partial charge is 0.262 e. The first-order valence-electron chi connectivity index (χ1n) is 9.09. The Morgan fingerprint density at radius 3 is 2.46 bits per heavy atom. The molecule has 1 heterocycles. The zero-order chi connectivity index (χ0) is 20.1. The predicted octanol–water partition coefficient (Wildman–Crippen LogP) is 1.79. The van der Waals surface area contributed by atoms with Gasteiger partial charge in [0, 0.05) is 14.0 Å². The molecule has 0 saturated heterocycles. The topological polar surface area (TPSA) is 87.7 Å². The van der Waals surface area contributed by atoms with Crippen LogP contribution in [0.5, 0.6) is 5.75 Å². The Balaban J connectivity index is 1.86. The van der Waals surface area contributed by atoms with Crippen molar-refractivity contribution in [3.63, 3.8) is 0 Å². The fraction of sp³-hybridized carbons (Fsp3) is 0.286. The lowest BCUT2D eigenvalue weighted by atomic mass is 10.0. The van der Waals surface area contributed by atoms with E-state index >= 15 is 0 Å². The molecule has 2 aromatic rings. The molecule has 0 radical (unpaired) electrons. The highest BCUT2D eigenvalue weighted by atomic mass is 16.5. The number of hydrogen-bond acceptors (Lipinski definition) is 4. The molecule has 2 aromatic carbocycles. The lowest BCUT2D eigenvalue weighted by Gasteiger charge is -2.34. The summed E-state index contributed by atoms with van der Waals surface area (Å²) in [5, 5.41) is 5.40. The third-order valence-corrected chi connectivity index (χ3v) is 4.57. The van der Waals surface area contributed by atoms with Crippen molar-refractivity contribution in [3.8, 4) is 5.75 Å². The lowest BCUT2D eigenvalue weighted by Crippen LogP contribution is -2.50. The predicted molar refractivity (Wildman–Crippen MR) is 105 cm³/mol. The largest absolute Gasteiger partial charge is 0.477 e. The van der Waals surface area contributed by atoms with E-state index in [0.29, 0.717) is 11.4 Å². The Morgan fingerprint density at radius 2 is 1.79 bits per heavy atom. The molecule has 0 bridgehead atoms. The summed E-state index contributed by atoms with van der Waals surface area (Å²) >= 11 is 0. The van der Waals surface area contributed by atoms with Crippen LogP contribution in [0.15, 0.2) is 54.6 Å². The van der Waals surface area contributed by atoms with Gasteiger partial charge < -0.3 is 20.3 Å². The van der Waals surface area contributed by atoms with E-state index in [1.54, 1.807) is 23.1 Å². The van der Waals surface area contributed by atoms with Gasteiger partial charge in [-0.3, -0.25) is 14.4 Å². The van der Waals surface area contributed by atoms with Gasteiger partial charge in [0.1, 0.15) is 5.75 Å². The van der Waals surface area contributed by atoms with Gasteiger partial charge in [-0.1, -0.05) is 42.5 Å². The van der Waals surface area contributed by atoms with Crippen molar-refractivity contribution in [2.45, 2.75) is 25.5 Å². The molecule has 7 nitrogen and oxygen atoms in total. The minimum absolute atomic E-state index is 0.0678. The number of hydrogen-bond donors (Lipinski definition) is 2. The Kier molecular flexibility index (Phi) is 5.93. The van der Waals surface area contributed by atoms with Crippen LogP contribution < -0.4 is 20.3 Å². The standard InChI is InChI=1S/C21H23N3O4/c1-14(25)23-16(15-8-4-3-5-9-15)12-20(26)24-13-19(21(27)22-2)28-18-11-7-6-10-17(18)24/h3-11,16,19H,12-13H2,1-2H3,(H,22,27)(H,23,25)/t16-,19-/m0/s1. The normalized spacial score (nSPS) is 16.4. The number of nitrogens with one attached hydrogen (secondary N) is 2. The number of carbonyl (C=O) groups is 3. The van der Waals surface area contributed by atoms with Crippen molar-refractivity contribution in [1.82, 2.24) is 10.6 Å². The number of fused-ring (bicyclic) bond motifs is 1. The molecular weight excluding hydrogens is 358 g/mol. The highest BCUT2D eigenvalue weighted by Gasteiger charge is 2.34. The number of amides is 3. The Bertz CT molecular complexity index is 869. The van der Waals surface area contributed by atoms with Gasteiger partial charge in [-0.05, 0) is 17.7 Å². The zero-order valence-corrected chi connectivity index (χ0v) is 15.8. The molecule has 0 aliphatic carbocycles. The van der Waals surface area contributed by atoms with Gasteiger partial charge in [-0.25, -0.2) is 0 Å².